The molecule has 1 aromatic carbocycles. The number of hydrogen-bond acceptors (Lipinski definition) is 10. The average Bonchev–Trinajstić information content (AvgIpc) is 3.21. The monoisotopic (exact) mass is 464 g/mol. The minimum atomic E-state index is -1.51. The Hall–Kier alpha value is -2.18. The van der Waals surface area contributed by atoms with Crippen molar-refractivity contribution in [2.45, 2.75) is 49.0 Å². The normalized spacial score (nSPS) is 39.3. The summed E-state index contributed by atoms with van der Waals surface area (Å²) in [4.78, 5) is 0. The van der Waals surface area contributed by atoms with E-state index in [9.17, 15) is 20.4 Å². The minimum absolute atomic E-state index is 0.0106. The van der Waals surface area contributed by atoms with Gasteiger partial charge < -0.3 is 48.8 Å². The Kier molecular flexibility index (Phi) is 6.08. The van der Waals surface area contributed by atoms with Gasteiger partial charge in [-0.2, -0.15) is 0 Å². The number of aliphatic hydroxyl groups is 4. The van der Waals surface area contributed by atoms with Crippen LogP contribution in [0.25, 0.3) is 0 Å². The molecule has 180 valence electrons. The first-order chi connectivity index (χ1) is 15.9. The molecule has 3 aliphatic heterocycles. The van der Waals surface area contributed by atoms with E-state index in [0.717, 1.165) is 16.9 Å². The quantitative estimate of drug-likeness (QED) is 0.464. The van der Waals surface area contributed by atoms with Gasteiger partial charge in [-0.05, 0) is 24.3 Å². The minimum Gasteiger partial charge on any atom is -0.492 e. The van der Waals surface area contributed by atoms with Gasteiger partial charge in [0.1, 0.15) is 60.0 Å². The molecule has 5 rings (SSSR count). The highest BCUT2D eigenvalue weighted by Crippen LogP contribution is 2.51. The summed E-state index contributed by atoms with van der Waals surface area (Å²) in [5.74, 6) is 1.69. The van der Waals surface area contributed by atoms with Gasteiger partial charge in [0, 0.05) is 31.4 Å². The van der Waals surface area contributed by atoms with Crippen molar-refractivity contribution in [1.82, 2.24) is 0 Å². The number of allylic oxidation sites excluding steroid dienone is 1. The summed E-state index contributed by atoms with van der Waals surface area (Å²) < 4.78 is 34.4. The number of ether oxygens (including phenoxy) is 6. The molecule has 0 saturated carbocycles. The van der Waals surface area contributed by atoms with E-state index in [1.807, 2.05) is 18.2 Å². The highest BCUT2D eigenvalue weighted by molar-refractivity contribution is 5.49. The smallest absolute Gasteiger partial charge is 0.229 e. The third-order valence-corrected chi connectivity index (χ3v) is 6.64. The van der Waals surface area contributed by atoms with E-state index >= 15 is 0 Å². The highest BCUT2D eigenvalue weighted by Gasteiger charge is 2.47. The second-order valence-corrected chi connectivity index (χ2v) is 8.52. The Bertz CT molecular complexity index is 943. The van der Waals surface area contributed by atoms with Crippen molar-refractivity contribution in [1.29, 1.82) is 0 Å². The number of hydrogen-bond donors (Lipinski definition) is 4. The van der Waals surface area contributed by atoms with E-state index in [1.165, 1.54) is 0 Å². The van der Waals surface area contributed by atoms with Crippen LogP contribution in [0.3, 0.4) is 0 Å². The third-order valence-electron chi connectivity index (χ3n) is 6.64. The fourth-order valence-electron chi connectivity index (χ4n) is 4.78. The van der Waals surface area contributed by atoms with Crippen LogP contribution >= 0.6 is 0 Å². The van der Waals surface area contributed by atoms with Gasteiger partial charge in [0.05, 0.1) is 19.1 Å². The van der Waals surface area contributed by atoms with Gasteiger partial charge in [-0.15, -0.1) is 0 Å². The van der Waals surface area contributed by atoms with Crippen molar-refractivity contribution in [3.8, 4) is 11.5 Å². The fraction of sp³-hybridized carbons (Fsp3) is 0.565. The van der Waals surface area contributed by atoms with Gasteiger partial charge in [0.2, 0.25) is 6.29 Å². The Labute approximate surface area is 190 Å². The maximum atomic E-state index is 10.2. The lowest BCUT2D eigenvalue weighted by Crippen LogP contribution is -2.60. The van der Waals surface area contributed by atoms with Crippen LogP contribution in [-0.2, 0) is 18.9 Å². The van der Waals surface area contributed by atoms with E-state index < -0.39 is 37.3 Å². The molecule has 2 fully saturated rings. The molecule has 9 atom stereocenters. The van der Waals surface area contributed by atoms with Gasteiger partial charge in [-0.3, -0.25) is 0 Å². The Morgan fingerprint density at radius 1 is 1.00 bits per heavy atom. The summed E-state index contributed by atoms with van der Waals surface area (Å²) >= 11 is 0. The largest absolute Gasteiger partial charge is 0.492 e. The van der Waals surface area contributed by atoms with Crippen molar-refractivity contribution in [2.24, 2.45) is 5.92 Å². The molecule has 4 N–H and O–H groups in total. The molecule has 10 nitrogen and oxygen atoms in total. The van der Waals surface area contributed by atoms with Crippen molar-refractivity contribution < 1.29 is 48.8 Å². The molecule has 33 heavy (non-hydrogen) atoms. The molecule has 0 spiro atoms. The van der Waals surface area contributed by atoms with E-state index in [4.69, 9.17) is 28.4 Å². The average molecular weight is 464 g/mol. The van der Waals surface area contributed by atoms with E-state index in [0.29, 0.717) is 18.1 Å². The zero-order valence-corrected chi connectivity index (χ0v) is 18.2. The van der Waals surface area contributed by atoms with Gasteiger partial charge in [-0.1, -0.05) is 0 Å². The van der Waals surface area contributed by atoms with Crippen molar-refractivity contribution in [2.75, 3.05) is 27.4 Å². The molecule has 0 radical (unpaired) electrons. The summed E-state index contributed by atoms with van der Waals surface area (Å²) in [6, 6.07) is 5.18. The van der Waals surface area contributed by atoms with Crippen LogP contribution < -0.4 is 9.47 Å². The van der Waals surface area contributed by atoms with E-state index in [2.05, 4.69) is 0 Å². The lowest BCUT2D eigenvalue weighted by molar-refractivity contribution is -0.277. The standard InChI is InChI=1S/C23H28O10/c1-28-16-6-12-13-9-30-14-5-10(31-23-21(27)20(26)19(25)18(8-24)33-23)3-4-11(14)22(13)32-15(12)7-17(16)29-2/h3-7,13,16-27H,8-9H2,1-2H3/t13-,16-,17-,18+,19+,20-,21+,22-,23+/m0/s1. The van der Waals surface area contributed by atoms with Crippen LogP contribution in [0, 0.1) is 5.92 Å². The van der Waals surface area contributed by atoms with Crippen molar-refractivity contribution >= 4 is 0 Å². The van der Waals surface area contributed by atoms with Crippen LogP contribution in [0.4, 0.5) is 0 Å². The van der Waals surface area contributed by atoms with E-state index in [1.54, 1.807) is 26.4 Å². The molecule has 1 aromatic rings. The Morgan fingerprint density at radius 3 is 2.48 bits per heavy atom. The summed E-state index contributed by atoms with van der Waals surface area (Å²) in [5.41, 5.74) is 1.89. The molecule has 0 amide bonds. The number of fused-ring (bicyclic) bond motifs is 5. The number of rotatable bonds is 5. The van der Waals surface area contributed by atoms with Crippen LogP contribution in [0.2, 0.25) is 0 Å². The van der Waals surface area contributed by atoms with Gasteiger partial charge in [0.25, 0.3) is 0 Å². The predicted molar refractivity (Wildman–Crippen MR) is 111 cm³/mol. The molecule has 2 saturated heterocycles. The summed E-state index contributed by atoms with van der Waals surface area (Å²) in [7, 11) is 3.27. The topological polar surface area (TPSA) is 136 Å². The number of methoxy groups -OCH3 is 2. The maximum Gasteiger partial charge on any atom is 0.229 e. The maximum absolute atomic E-state index is 10.2. The predicted octanol–water partition coefficient (Wildman–Crippen LogP) is -0.201. The molecule has 0 unspecified atom stereocenters. The molecular weight excluding hydrogens is 436 g/mol. The van der Waals surface area contributed by atoms with Crippen LogP contribution in [0.15, 0.2) is 41.7 Å². The van der Waals surface area contributed by atoms with Crippen LogP contribution in [0.5, 0.6) is 11.5 Å². The van der Waals surface area contributed by atoms with Gasteiger partial charge in [0.15, 0.2) is 0 Å². The van der Waals surface area contributed by atoms with Crippen LogP contribution in [-0.4, -0.2) is 90.8 Å². The molecule has 0 bridgehead atoms. The molecule has 4 aliphatic rings. The lowest BCUT2D eigenvalue weighted by atomic mass is 9.86. The summed E-state index contributed by atoms with van der Waals surface area (Å²) in [6.45, 7) is -0.128. The molecule has 3 heterocycles. The first-order valence-electron chi connectivity index (χ1n) is 10.8. The molecule has 1 aliphatic carbocycles. The zero-order chi connectivity index (χ0) is 23.3. The number of benzene rings is 1. The zero-order valence-electron chi connectivity index (χ0n) is 18.2. The fourth-order valence-corrected chi connectivity index (χ4v) is 4.78. The Morgan fingerprint density at radius 2 is 1.76 bits per heavy atom. The lowest BCUT2D eigenvalue weighted by Gasteiger charge is -2.39. The van der Waals surface area contributed by atoms with Gasteiger partial charge >= 0.3 is 0 Å². The Balaban J connectivity index is 1.36. The van der Waals surface area contributed by atoms with Gasteiger partial charge in [-0.25, -0.2) is 0 Å². The second-order valence-electron chi connectivity index (χ2n) is 8.52. The van der Waals surface area contributed by atoms with Crippen LogP contribution in [0.1, 0.15) is 11.7 Å². The molecule has 0 aromatic heterocycles. The summed E-state index contributed by atoms with van der Waals surface area (Å²) in [5, 5.41) is 39.5. The molecule has 10 heteroatoms. The third kappa shape index (κ3) is 3.81. The highest BCUT2D eigenvalue weighted by atomic mass is 16.7. The number of aliphatic hydroxyl groups excluding tert-OH is 4. The SMILES string of the molecule is CO[C@H]1C=C2O[C@H]3c4ccc(O[C@@H]5O[C@H](CO)[C@@H](O)[C@H](O)[C@H]5O)cc4OC[C@H]3C2=C[C@@H]1OC. The summed E-state index contributed by atoms with van der Waals surface area (Å²) in [6.07, 6.45) is -3.49. The van der Waals surface area contributed by atoms with E-state index in [-0.39, 0.29) is 24.2 Å². The first kappa shape index (κ1) is 22.6. The first-order valence-corrected chi connectivity index (χ1v) is 10.8. The second kappa shape index (κ2) is 8.88. The van der Waals surface area contributed by atoms with Crippen molar-refractivity contribution in [3.05, 3.63) is 47.2 Å². The molecular formula is C23H28O10. The van der Waals surface area contributed by atoms with Crippen molar-refractivity contribution in [3.63, 3.8) is 0 Å².